The lowest BCUT2D eigenvalue weighted by Crippen LogP contribution is -2.18. The summed E-state index contributed by atoms with van der Waals surface area (Å²) in [6.45, 7) is 0. The van der Waals surface area contributed by atoms with Gasteiger partial charge in [0.05, 0.1) is 11.1 Å². The standard InChI is InChI=1S/C26H16F2N2O6/c27-13-1-5-15(6-2-13)29-23(31)17-9-11-20(26(35)36)22-18(10-12-19(21(17)22)25(33)34)24(32)30-16-7-3-14(28)4-8-16/h1-12H,(H,29,31)(H,30,32)(H,33,34)(H,35,36). The number of hydrogen-bond donors (Lipinski definition) is 4. The Hall–Kier alpha value is -5.12. The Morgan fingerprint density at radius 2 is 0.806 bits per heavy atom. The third kappa shape index (κ3) is 4.73. The molecule has 180 valence electrons. The van der Waals surface area contributed by atoms with Gasteiger partial charge in [0.25, 0.3) is 11.8 Å². The topological polar surface area (TPSA) is 133 Å². The molecule has 0 fully saturated rings. The molecule has 36 heavy (non-hydrogen) atoms. The summed E-state index contributed by atoms with van der Waals surface area (Å²) in [7, 11) is 0. The van der Waals surface area contributed by atoms with Gasteiger partial charge in [-0.05, 0) is 72.8 Å². The van der Waals surface area contributed by atoms with E-state index in [-0.39, 0.29) is 33.3 Å². The minimum atomic E-state index is -1.45. The van der Waals surface area contributed by atoms with Gasteiger partial charge in [-0.25, -0.2) is 18.4 Å². The summed E-state index contributed by atoms with van der Waals surface area (Å²) in [5, 5.41) is 24.0. The van der Waals surface area contributed by atoms with Crippen LogP contribution in [-0.4, -0.2) is 34.0 Å². The van der Waals surface area contributed by atoms with E-state index in [1.165, 1.54) is 24.3 Å². The third-order valence-corrected chi connectivity index (χ3v) is 5.31. The van der Waals surface area contributed by atoms with Crippen molar-refractivity contribution in [3.63, 3.8) is 0 Å². The van der Waals surface area contributed by atoms with E-state index in [1.807, 2.05) is 0 Å². The average molecular weight is 490 g/mol. The first-order valence-corrected chi connectivity index (χ1v) is 10.4. The van der Waals surface area contributed by atoms with Gasteiger partial charge in [-0.1, -0.05) is 0 Å². The Morgan fingerprint density at radius 1 is 0.500 bits per heavy atom. The molecule has 0 saturated carbocycles. The number of fused-ring (bicyclic) bond motifs is 1. The quantitative estimate of drug-likeness (QED) is 0.300. The number of rotatable bonds is 6. The fourth-order valence-corrected chi connectivity index (χ4v) is 3.69. The van der Waals surface area contributed by atoms with E-state index in [1.54, 1.807) is 0 Å². The second kappa shape index (κ2) is 9.63. The molecule has 0 aliphatic rings. The SMILES string of the molecule is O=C(O)c1ccc(C(=O)Nc2ccc(F)cc2)c2c(C(=O)O)ccc(C(=O)Nc3ccc(F)cc3)c12. The van der Waals surface area contributed by atoms with Crippen LogP contribution in [0.1, 0.15) is 41.4 Å². The smallest absolute Gasteiger partial charge is 0.336 e. The van der Waals surface area contributed by atoms with Crippen LogP contribution < -0.4 is 10.6 Å². The Balaban J connectivity index is 1.90. The maximum Gasteiger partial charge on any atom is 0.336 e. The zero-order valence-electron chi connectivity index (χ0n) is 18.2. The van der Waals surface area contributed by atoms with Crippen LogP contribution in [0.3, 0.4) is 0 Å². The van der Waals surface area contributed by atoms with E-state index in [0.717, 1.165) is 48.5 Å². The molecule has 0 bridgehead atoms. The Kier molecular flexibility index (Phi) is 6.42. The van der Waals surface area contributed by atoms with Crippen LogP contribution in [0.15, 0.2) is 72.8 Å². The van der Waals surface area contributed by atoms with Crippen molar-refractivity contribution in [2.75, 3.05) is 10.6 Å². The summed E-state index contributed by atoms with van der Waals surface area (Å²) < 4.78 is 26.4. The van der Waals surface area contributed by atoms with Crippen LogP contribution in [0.25, 0.3) is 10.8 Å². The van der Waals surface area contributed by atoms with Crippen molar-refractivity contribution in [3.8, 4) is 0 Å². The second-order valence-electron chi connectivity index (χ2n) is 7.60. The van der Waals surface area contributed by atoms with Crippen LogP contribution >= 0.6 is 0 Å². The Morgan fingerprint density at radius 3 is 1.11 bits per heavy atom. The first kappa shape index (κ1) is 24.0. The van der Waals surface area contributed by atoms with Gasteiger partial charge in [0.15, 0.2) is 0 Å². The molecule has 0 atom stereocenters. The summed E-state index contributed by atoms with van der Waals surface area (Å²) in [6, 6.07) is 14.1. The number of carbonyl (C=O) groups excluding carboxylic acids is 2. The normalized spacial score (nSPS) is 10.6. The van der Waals surface area contributed by atoms with E-state index in [2.05, 4.69) is 10.6 Å². The predicted octanol–water partition coefficient (Wildman–Crippen LogP) is 5.02. The Labute approximate surface area is 201 Å². The molecule has 0 aliphatic heterocycles. The summed E-state index contributed by atoms with van der Waals surface area (Å²) >= 11 is 0. The van der Waals surface area contributed by atoms with E-state index in [9.17, 15) is 38.2 Å². The highest BCUT2D eigenvalue weighted by atomic mass is 19.1. The van der Waals surface area contributed by atoms with Crippen molar-refractivity contribution in [3.05, 3.63) is 107 Å². The highest BCUT2D eigenvalue weighted by Gasteiger charge is 2.25. The first-order chi connectivity index (χ1) is 17.2. The molecule has 0 radical (unpaired) electrons. The number of aromatic carboxylic acids is 2. The van der Waals surface area contributed by atoms with Crippen LogP contribution in [0, 0.1) is 11.6 Å². The number of carboxylic acids is 2. The molecule has 4 rings (SSSR count). The fourth-order valence-electron chi connectivity index (χ4n) is 3.69. The van der Waals surface area contributed by atoms with E-state index < -0.39 is 46.5 Å². The molecule has 0 unspecified atom stereocenters. The highest BCUT2D eigenvalue weighted by molar-refractivity contribution is 6.26. The van der Waals surface area contributed by atoms with E-state index in [4.69, 9.17) is 0 Å². The molecule has 4 N–H and O–H groups in total. The predicted molar refractivity (Wildman–Crippen MR) is 127 cm³/mol. The summed E-state index contributed by atoms with van der Waals surface area (Å²) in [4.78, 5) is 50.2. The molecule has 0 aromatic heterocycles. The molecule has 10 heteroatoms. The van der Waals surface area contributed by atoms with Crippen molar-refractivity contribution in [2.24, 2.45) is 0 Å². The molecule has 8 nitrogen and oxygen atoms in total. The van der Waals surface area contributed by atoms with Gasteiger partial charge >= 0.3 is 11.9 Å². The maximum absolute atomic E-state index is 13.2. The number of hydrogen-bond acceptors (Lipinski definition) is 4. The molecule has 0 spiro atoms. The minimum absolute atomic E-state index is 0.207. The van der Waals surface area contributed by atoms with Gasteiger partial charge in [0.1, 0.15) is 11.6 Å². The minimum Gasteiger partial charge on any atom is -0.478 e. The van der Waals surface area contributed by atoms with Gasteiger partial charge in [-0.2, -0.15) is 0 Å². The van der Waals surface area contributed by atoms with Crippen molar-refractivity contribution in [1.29, 1.82) is 0 Å². The Bertz CT molecular complexity index is 1420. The zero-order valence-corrected chi connectivity index (χ0v) is 18.2. The number of amides is 2. The molecule has 4 aromatic carbocycles. The van der Waals surface area contributed by atoms with Crippen molar-refractivity contribution in [2.45, 2.75) is 0 Å². The largest absolute Gasteiger partial charge is 0.478 e. The molecular weight excluding hydrogens is 474 g/mol. The number of benzene rings is 4. The number of carbonyl (C=O) groups is 4. The monoisotopic (exact) mass is 490 g/mol. The second-order valence-corrected chi connectivity index (χ2v) is 7.60. The summed E-state index contributed by atoms with van der Waals surface area (Å²) in [6.07, 6.45) is 0. The lowest BCUT2D eigenvalue weighted by Gasteiger charge is -2.16. The van der Waals surface area contributed by atoms with Gasteiger partial charge < -0.3 is 20.8 Å². The van der Waals surface area contributed by atoms with Crippen LogP contribution in [0.5, 0.6) is 0 Å². The third-order valence-electron chi connectivity index (χ3n) is 5.31. The van der Waals surface area contributed by atoms with Crippen LogP contribution in [-0.2, 0) is 0 Å². The molecular formula is C26H16F2N2O6. The van der Waals surface area contributed by atoms with Crippen LogP contribution in [0.2, 0.25) is 0 Å². The molecule has 0 saturated heterocycles. The van der Waals surface area contributed by atoms with Gasteiger partial charge in [0, 0.05) is 33.3 Å². The number of nitrogens with one attached hydrogen (secondary N) is 2. The summed E-state index contributed by atoms with van der Waals surface area (Å²) in [5.74, 6) is -5.58. The molecule has 4 aromatic rings. The van der Waals surface area contributed by atoms with Crippen LogP contribution in [0.4, 0.5) is 20.2 Å². The maximum atomic E-state index is 13.2. The molecule has 0 aliphatic carbocycles. The average Bonchev–Trinajstić information content (AvgIpc) is 2.85. The fraction of sp³-hybridized carbons (Fsp3) is 0. The number of anilines is 2. The molecule has 2 amide bonds. The highest BCUT2D eigenvalue weighted by Crippen LogP contribution is 2.31. The van der Waals surface area contributed by atoms with Crippen molar-refractivity contribution < 1.29 is 38.2 Å². The van der Waals surface area contributed by atoms with Crippen molar-refractivity contribution >= 4 is 45.9 Å². The first-order valence-electron chi connectivity index (χ1n) is 10.4. The van der Waals surface area contributed by atoms with Gasteiger partial charge in [0.2, 0.25) is 0 Å². The van der Waals surface area contributed by atoms with Gasteiger partial charge in [-0.15, -0.1) is 0 Å². The number of carboxylic acid groups (broad SMARTS) is 2. The van der Waals surface area contributed by atoms with Crippen molar-refractivity contribution in [1.82, 2.24) is 0 Å². The van der Waals surface area contributed by atoms with E-state index in [0.29, 0.717) is 0 Å². The van der Waals surface area contributed by atoms with E-state index >= 15 is 0 Å². The van der Waals surface area contributed by atoms with Gasteiger partial charge in [-0.3, -0.25) is 9.59 Å². The summed E-state index contributed by atoms with van der Waals surface area (Å²) in [5.41, 5.74) is -0.828. The molecule has 0 heterocycles. The zero-order chi connectivity index (χ0) is 26.0. The lowest BCUT2D eigenvalue weighted by atomic mass is 9.90. The lowest BCUT2D eigenvalue weighted by molar-refractivity contribution is 0.0686. The number of halogens is 2.